The topological polar surface area (TPSA) is 15.3 Å². The van der Waals surface area contributed by atoms with Gasteiger partial charge >= 0.3 is 0 Å². The summed E-state index contributed by atoms with van der Waals surface area (Å²) in [6.45, 7) is 13.4. The Bertz CT molecular complexity index is 279. The second-order valence-corrected chi connectivity index (χ2v) is 7.56. The lowest BCUT2D eigenvalue weighted by Crippen LogP contribution is -2.49. The maximum atomic E-state index is 3.71. The van der Waals surface area contributed by atoms with Crippen molar-refractivity contribution in [1.82, 2.24) is 10.2 Å². The molecule has 118 valence electrons. The smallest absolute Gasteiger partial charge is 0.00981 e. The van der Waals surface area contributed by atoms with Crippen molar-refractivity contribution in [3.63, 3.8) is 0 Å². The Labute approximate surface area is 126 Å². The Morgan fingerprint density at radius 2 is 1.95 bits per heavy atom. The minimum absolute atomic E-state index is 0.692. The molecule has 0 aromatic carbocycles. The largest absolute Gasteiger partial charge is 0.314 e. The van der Waals surface area contributed by atoms with Gasteiger partial charge in [0.25, 0.3) is 0 Å². The first kappa shape index (κ1) is 16.3. The first-order chi connectivity index (χ1) is 9.61. The van der Waals surface area contributed by atoms with Gasteiger partial charge in [-0.2, -0.15) is 0 Å². The molecule has 0 aromatic rings. The fraction of sp³-hybridized carbons (Fsp3) is 1.00. The molecule has 1 N–H and O–H groups in total. The van der Waals surface area contributed by atoms with Gasteiger partial charge in [0.15, 0.2) is 0 Å². The van der Waals surface area contributed by atoms with Crippen molar-refractivity contribution in [2.24, 2.45) is 17.8 Å². The molecule has 1 aliphatic heterocycles. The van der Waals surface area contributed by atoms with Crippen LogP contribution >= 0.6 is 0 Å². The molecule has 5 atom stereocenters. The highest BCUT2D eigenvalue weighted by Crippen LogP contribution is 2.34. The molecule has 20 heavy (non-hydrogen) atoms. The van der Waals surface area contributed by atoms with Gasteiger partial charge in [0.1, 0.15) is 0 Å². The first-order valence-corrected chi connectivity index (χ1v) is 9.09. The molecule has 2 heteroatoms. The molecule has 0 radical (unpaired) electrons. The number of piperidine rings is 1. The Balaban J connectivity index is 1.83. The summed E-state index contributed by atoms with van der Waals surface area (Å²) in [7, 11) is 0. The van der Waals surface area contributed by atoms with E-state index in [-0.39, 0.29) is 0 Å². The maximum Gasteiger partial charge on any atom is 0.00981 e. The highest BCUT2D eigenvalue weighted by molar-refractivity contribution is 4.87. The van der Waals surface area contributed by atoms with Crippen LogP contribution in [0, 0.1) is 17.8 Å². The summed E-state index contributed by atoms with van der Waals surface area (Å²) in [5, 5.41) is 3.71. The average Bonchev–Trinajstić information content (AvgIpc) is 2.47. The van der Waals surface area contributed by atoms with Gasteiger partial charge in [-0.3, -0.25) is 0 Å². The van der Waals surface area contributed by atoms with Crippen molar-refractivity contribution in [3.05, 3.63) is 0 Å². The zero-order valence-corrected chi connectivity index (χ0v) is 14.2. The van der Waals surface area contributed by atoms with Crippen LogP contribution in [0.15, 0.2) is 0 Å². The number of rotatable bonds is 5. The number of nitrogens with one attached hydrogen (secondary N) is 1. The Morgan fingerprint density at radius 1 is 1.15 bits per heavy atom. The van der Waals surface area contributed by atoms with Crippen molar-refractivity contribution in [1.29, 1.82) is 0 Å². The number of likely N-dealkylation sites (tertiary alicyclic amines) is 1. The average molecular weight is 281 g/mol. The quantitative estimate of drug-likeness (QED) is 0.821. The van der Waals surface area contributed by atoms with Gasteiger partial charge in [-0.05, 0) is 76.3 Å². The summed E-state index contributed by atoms with van der Waals surface area (Å²) in [5.74, 6) is 2.73. The van der Waals surface area contributed by atoms with E-state index in [1.807, 2.05) is 0 Å². The second-order valence-electron chi connectivity index (χ2n) is 7.56. The van der Waals surface area contributed by atoms with E-state index in [0.29, 0.717) is 6.04 Å². The Hall–Kier alpha value is -0.0800. The summed E-state index contributed by atoms with van der Waals surface area (Å²) >= 11 is 0. The number of hydrogen-bond donors (Lipinski definition) is 1. The van der Waals surface area contributed by atoms with Crippen LogP contribution in [0.1, 0.15) is 66.2 Å². The molecule has 1 heterocycles. The lowest BCUT2D eigenvalue weighted by molar-refractivity contribution is 0.0611. The molecule has 2 rings (SSSR count). The van der Waals surface area contributed by atoms with Gasteiger partial charge in [-0.15, -0.1) is 0 Å². The monoisotopic (exact) mass is 280 g/mol. The minimum Gasteiger partial charge on any atom is -0.314 e. The first-order valence-electron chi connectivity index (χ1n) is 9.09. The molecule has 5 unspecified atom stereocenters. The normalized spacial score (nSPS) is 37.8. The molecular formula is C18H36N2. The van der Waals surface area contributed by atoms with Crippen molar-refractivity contribution in [3.8, 4) is 0 Å². The summed E-state index contributed by atoms with van der Waals surface area (Å²) in [6, 6.07) is 1.57. The Morgan fingerprint density at radius 3 is 2.65 bits per heavy atom. The van der Waals surface area contributed by atoms with E-state index in [9.17, 15) is 0 Å². The summed E-state index contributed by atoms with van der Waals surface area (Å²) in [5.41, 5.74) is 0. The molecule has 0 aromatic heterocycles. The number of hydrogen-bond acceptors (Lipinski definition) is 2. The highest BCUT2D eigenvalue weighted by atomic mass is 15.2. The van der Waals surface area contributed by atoms with Gasteiger partial charge in [0.05, 0.1) is 0 Å². The van der Waals surface area contributed by atoms with Crippen LogP contribution in [-0.4, -0.2) is 36.6 Å². The molecule has 0 spiro atoms. The molecule has 1 saturated heterocycles. The van der Waals surface area contributed by atoms with Crippen LogP contribution in [0.25, 0.3) is 0 Å². The zero-order chi connectivity index (χ0) is 14.5. The maximum absolute atomic E-state index is 3.71. The zero-order valence-electron chi connectivity index (χ0n) is 14.2. The third-order valence-corrected chi connectivity index (χ3v) is 6.00. The van der Waals surface area contributed by atoms with Gasteiger partial charge in [-0.1, -0.05) is 20.8 Å². The predicted molar refractivity (Wildman–Crippen MR) is 88.0 cm³/mol. The molecule has 2 fully saturated rings. The fourth-order valence-corrected chi connectivity index (χ4v) is 4.17. The van der Waals surface area contributed by atoms with E-state index in [4.69, 9.17) is 0 Å². The van der Waals surface area contributed by atoms with Gasteiger partial charge in [0, 0.05) is 18.6 Å². The van der Waals surface area contributed by atoms with E-state index < -0.39 is 0 Å². The minimum atomic E-state index is 0.692. The third-order valence-electron chi connectivity index (χ3n) is 6.00. The van der Waals surface area contributed by atoms with Crippen LogP contribution in [0.5, 0.6) is 0 Å². The van der Waals surface area contributed by atoms with Crippen molar-refractivity contribution in [2.75, 3.05) is 19.6 Å². The van der Waals surface area contributed by atoms with Crippen molar-refractivity contribution >= 4 is 0 Å². The van der Waals surface area contributed by atoms with E-state index in [2.05, 4.69) is 37.9 Å². The van der Waals surface area contributed by atoms with E-state index >= 15 is 0 Å². The highest BCUT2D eigenvalue weighted by Gasteiger charge is 2.32. The fourth-order valence-electron chi connectivity index (χ4n) is 4.17. The third kappa shape index (κ3) is 4.21. The molecule has 2 nitrogen and oxygen atoms in total. The molecular weight excluding hydrogens is 244 g/mol. The van der Waals surface area contributed by atoms with E-state index in [1.54, 1.807) is 0 Å². The second kappa shape index (κ2) is 7.79. The van der Waals surface area contributed by atoms with Crippen LogP contribution in [0.3, 0.4) is 0 Å². The number of nitrogens with zero attached hydrogens (tertiary/aromatic N) is 1. The van der Waals surface area contributed by atoms with E-state index in [1.165, 1.54) is 58.2 Å². The lowest BCUT2D eigenvalue weighted by atomic mass is 9.77. The molecule has 1 aliphatic carbocycles. The lowest BCUT2D eigenvalue weighted by Gasteiger charge is -2.44. The van der Waals surface area contributed by atoms with Gasteiger partial charge in [-0.25, -0.2) is 0 Å². The molecule has 2 aliphatic rings. The van der Waals surface area contributed by atoms with Crippen molar-refractivity contribution < 1.29 is 0 Å². The van der Waals surface area contributed by atoms with Crippen LogP contribution < -0.4 is 5.32 Å². The SMILES string of the molecule is CCCNC(C)C1CCCN(C2CCC(C)C(C)C2)C1. The molecule has 0 bridgehead atoms. The Kier molecular flexibility index (Phi) is 6.35. The van der Waals surface area contributed by atoms with E-state index in [0.717, 1.165) is 23.8 Å². The van der Waals surface area contributed by atoms with Crippen LogP contribution in [0.4, 0.5) is 0 Å². The standard InChI is InChI=1S/C18H36N2/c1-5-10-19-16(4)17-7-6-11-20(13-17)18-9-8-14(2)15(3)12-18/h14-19H,5-13H2,1-4H3. The van der Waals surface area contributed by atoms with Crippen LogP contribution in [-0.2, 0) is 0 Å². The van der Waals surface area contributed by atoms with Crippen LogP contribution in [0.2, 0.25) is 0 Å². The molecule has 0 amide bonds. The van der Waals surface area contributed by atoms with Gasteiger partial charge < -0.3 is 10.2 Å². The van der Waals surface area contributed by atoms with Gasteiger partial charge in [0.2, 0.25) is 0 Å². The summed E-state index contributed by atoms with van der Waals surface area (Å²) in [6.07, 6.45) is 8.39. The summed E-state index contributed by atoms with van der Waals surface area (Å²) in [4.78, 5) is 2.83. The molecule has 1 saturated carbocycles. The van der Waals surface area contributed by atoms with Crippen molar-refractivity contribution in [2.45, 2.75) is 78.3 Å². The summed E-state index contributed by atoms with van der Waals surface area (Å²) < 4.78 is 0. The predicted octanol–water partition coefficient (Wildman–Crippen LogP) is 3.91.